The molecule has 0 N–H and O–H groups in total. The van der Waals surface area contributed by atoms with Gasteiger partial charge in [0.2, 0.25) is 0 Å². The monoisotopic (exact) mass is 219 g/mol. The molecule has 1 aromatic rings. The summed E-state index contributed by atoms with van der Waals surface area (Å²) in [6, 6.07) is 7.93. The van der Waals surface area contributed by atoms with E-state index in [0.717, 1.165) is 0 Å². The third-order valence-electron chi connectivity index (χ3n) is 0.967. The minimum absolute atomic E-state index is 0.137. The number of nitro benzene ring substituents is 1. The van der Waals surface area contributed by atoms with Gasteiger partial charge in [0.25, 0.3) is 5.69 Å². The second kappa shape index (κ2) is 5.27. The number of hydrogen-bond acceptors (Lipinski definition) is 6. The zero-order valence-electron chi connectivity index (χ0n) is 6.69. The van der Waals surface area contributed by atoms with Crippen molar-refractivity contribution >= 4 is 16.1 Å². The Hall–Kier alpha value is -1.51. The van der Waals surface area contributed by atoms with Gasteiger partial charge in [-0.05, 0) is 0 Å². The molecule has 1 aromatic carbocycles. The van der Waals surface area contributed by atoms with Crippen molar-refractivity contribution in [3.05, 3.63) is 40.4 Å². The number of nitrogens with zero attached hydrogens (tertiary/aromatic N) is 1. The lowest BCUT2D eigenvalue weighted by atomic mass is 10.3. The molecular weight excluding hydrogens is 214 g/mol. The summed E-state index contributed by atoms with van der Waals surface area (Å²) in [5.74, 6) is 0. The molecule has 14 heavy (non-hydrogen) atoms. The first kappa shape index (κ1) is 12.5. The molecule has 0 aromatic heterocycles. The van der Waals surface area contributed by atoms with Crippen molar-refractivity contribution in [2.45, 2.75) is 0 Å². The highest BCUT2D eigenvalue weighted by Gasteiger charge is 1.98. The summed E-state index contributed by atoms with van der Waals surface area (Å²) in [5, 5.41) is 10.0. The number of hydrogen-bond donors (Lipinski definition) is 0. The van der Waals surface area contributed by atoms with Crippen LogP contribution in [-0.4, -0.2) is 22.4 Å². The summed E-state index contributed by atoms with van der Waals surface area (Å²) < 4.78 is 34.1. The minimum atomic E-state index is -5.17. The van der Waals surface area contributed by atoms with Crippen LogP contribution in [0.2, 0.25) is 0 Å². The fourth-order valence-electron chi connectivity index (χ4n) is 0.550. The maximum Gasteiger partial charge on any atom is 0.269 e. The molecule has 0 bridgehead atoms. The van der Waals surface area contributed by atoms with E-state index in [-0.39, 0.29) is 5.69 Å². The summed E-state index contributed by atoms with van der Waals surface area (Å²) >= 11 is 0. The minimum Gasteiger partial charge on any atom is -0.759 e. The Labute approximate surface area is 79.7 Å². The van der Waals surface area contributed by atoms with Crippen LogP contribution in [0.1, 0.15) is 0 Å². The van der Waals surface area contributed by atoms with Crippen LogP contribution in [0.4, 0.5) is 5.69 Å². The zero-order chi connectivity index (χ0) is 11.2. The van der Waals surface area contributed by atoms with E-state index in [4.69, 9.17) is 17.5 Å². The van der Waals surface area contributed by atoms with Crippen LogP contribution in [0.15, 0.2) is 30.3 Å². The molecular formula is C6H5NO6S-2. The van der Waals surface area contributed by atoms with Crippen LogP contribution >= 0.6 is 0 Å². The Kier molecular flexibility index (Phi) is 4.70. The summed E-state index contributed by atoms with van der Waals surface area (Å²) in [6.45, 7) is 0. The largest absolute Gasteiger partial charge is 0.759 e. The van der Waals surface area contributed by atoms with Crippen LogP contribution in [0, 0.1) is 10.1 Å². The van der Waals surface area contributed by atoms with Crippen molar-refractivity contribution in [2.75, 3.05) is 0 Å². The Morgan fingerprint density at radius 2 is 1.43 bits per heavy atom. The lowest BCUT2D eigenvalue weighted by Gasteiger charge is -2.06. The lowest BCUT2D eigenvalue weighted by molar-refractivity contribution is -0.384. The quantitative estimate of drug-likeness (QED) is 0.288. The second-order valence-electron chi connectivity index (χ2n) is 2.00. The number of rotatable bonds is 1. The summed E-state index contributed by atoms with van der Waals surface area (Å²) in [5.41, 5.74) is 0.137. The first-order chi connectivity index (χ1) is 6.30. The summed E-state index contributed by atoms with van der Waals surface area (Å²) in [6.07, 6.45) is 0. The van der Waals surface area contributed by atoms with Gasteiger partial charge in [0.05, 0.1) is 4.92 Å². The third kappa shape index (κ3) is 8.59. The van der Waals surface area contributed by atoms with Gasteiger partial charge >= 0.3 is 0 Å². The molecule has 78 valence electrons. The van der Waals surface area contributed by atoms with Gasteiger partial charge in [0, 0.05) is 22.5 Å². The third-order valence-corrected chi connectivity index (χ3v) is 0.967. The molecule has 0 aliphatic heterocycles. The van der Waals surface area contributed by atoms with Crippen LogP contribution in [-0.2, 0) is 10.4 Å². The van der Waals surface area contributed by atoms with Gasteiger partial charge in [-0.25, -0.2) is 0 Å². The van der Waals surface area contributed by atoms with E-state index < -0.39 is 15.3 Å². The van der Waals surface area contributed by atoms with E-state index >= 15 is 0 Å². The predicted octanol–water partition coefficient (Wildman–Crippen LogP) is 0.257. The Balaban J connectivity index is 0.000000292. The highest BCUT2D eigenvalue weighted by Crippen LogP contribution is 2.06. The van der Waals surface area contributed by atoms with E-state index in [0.29, 0.717) is 0 Å². The maximum atomic E-state index is 10.0. The van der Waals surface area contributed by atoms with Crippen molar-refractivity contribution in [2.24, 2.45) is 0 Å². The van der Waals surface area contributed by atoms with E-state index in [1.165, 1.54) is 12.1 Å². The van der Waals surface area contributed by atoms with Gasteiger partial charge in [0.1, 0.15) is 0 Å². The van der Waals surface area contributed by atoms with Gasteiger partial charge in [-0.15, -0.1) is 0 Å². The number of nitro groups is 1. The Morgan fingerprint density at radius 1 is 1.07 bits per heavy atom. The molecule has 0 amide bonds. The number of para-hydroxylation sites is 1. The summed E-state index contributed by atoms with van der Waals surface area (Å²) in [7, 11) is -5.17. The SMILES string of the molecule is O=S(=O)([O-])[O-].O=[N+]([O-])c1ccccc1. The van der Waals surface area contributed by atoms with Crippen molar-refractivity contribution in [1.82, 2.24) is 0 Å². The predicted molar refractivity (Wildman–Crippen MR) is 43.6 cm³/mol. The molecule has 0 unspecified atom stereocenters. The molecule has 0 saturated heterocycles. The van der Waals surface area contributed by atoms with Crippen LogP contribution in [0.3, 0.4) is 0 Å². The van der Waals surface area contributed by atoms with Crippen LogP contribution in [0.25, 0.3) is 0 Å². The van der Waals surface area contributed by atoms with Gasteiger partial charge < -0.3 is 9.11 Å². The molecule has 7 nitrogen and oxygen atoms in total. The molecule has 0 saturated carbocycles. The van der Waals surface area contributed by atoms with Gasteiger partial charge in [-0.1, -0.05) is 18.2 Å². The molecule has 1 rings (SSSR count). The van der Waals surface area contributed by atoms with Crippen molar-refractivity contribution < 1.29 is 22.4 Å². The highest BCUT2D eigenvalue weighted by atomic mass is 32.3. The molecule has 0 aliphatic carbocycles. The average Bonchev–Trinajstić information content (AvgIpc) is 2.03. The van der Waals surface area contributed by atoms with Gasteiger partial charge in [-0.3, -0.25) is 18.5 Å². The van der Waals surface area contributed by atoms with E-state index in [2.05, 4.69) is 0 Å². The standard InChI is InChI=1S/C6H5NO2.H2O4S/c8-7(9)6-4-2-1-3-5-6;1-5(2,3)4/h1-5H;(H2,1,2,3,4)/p-2. The zero-order valence-corrected chi connectivity index (χ0v) is 7.51. The summed E-state index contributed by atoms with van der Waals surface area (Å²) in [4.78, 5) is 9.59. The molecule has 0 fully saturated rings. The van der Waals surface area contributed by atoms with Crippen molar-refractivity contribution in [3.8, 4) is 0 Å². The van der Waals surface area contributed by atoms with Crippen LogP contribution < -0.4 is 0 Å². The topological polar surface area (TPSA) is 123 Å². The molecule has 0 heterocycles. The molecule has 0 spiro atoms. The molecule has 0 atom stereocenters. The number of benzene rings is 1. The first-order valence-electron chi connectivity index (χ1n) is 3.17. The molecule has 8 heteroatoms. The van der Waals surface area contributed by atoms with Crippen molar-refractivity contribution in [3.63, 3.8) is 0 Å². The second-order valence-corrected chi connectivity index (χ2v) is 2.82. The lowest BCUT2D eigenvalue weighted by Crippen LogP contribution is -1.91. The van der Waals surface area contributed by atoms with E-state index in [9.17, 15) is 10.1 Å². The van der Waals surface area contributed by atoms with E-state index in [1.807, 2.05) is 0 Å². The Bertz CT molecular complexity index is 378. The smallest absolute Gasteiger partial charge is 0.269 e. The fraction of sp³-hybridized carbons (Fsp3) is 0. The molecule has 0 radical (unpaired) electrons. The normalized spacial score (nSPS) is 9.86. The number of non-ortho nitro benzene ring substituents is 1. The highest BCUT2D eigenvalue weighted by molar-refractivity contribution is 7.79. The van der Waals surface area contributed by atoms with Crippen molar-refractivity contribution in [1.29, 1.82) is 0 Å². The molecule has 0 aliphatic rings. The van der Waals surface area contributed by atoms with Gasteiger partial charge in [0.15, 0.2) is 0 Å². The van der Waals surface area contributed by atoms with E-state index in [1.54, 1.807) is 18.2 Å². The fourth-order valence-corrected chi connectivity index (χ4v) is 0.550. The average molecular weight is 219 g/mol. The Morgan fingerprint density at radius 3 is 1.64 bits per heavy atom. The maximum absolute atomic E-state index is 10.0. The first-order valence-corrected chi connectivity index (χ1v) is 4.50. The van der Waals surface area contributed by atoms with Gasteiger partial charge in [-0.2, -0.15) is 0 Å². The van der Waals surface area contributed by atoms with Crippen LogP contribution in [0.5, 0.6) is 0 Å².